The van der Waals surface area contributed by atoms with E-state index >= 15 is 0 Å². The number of aromatic carboxylic acids is 1. The SMILES string of the molecule is O=C(O)c1ccc2c(N3CCOCC3)nccc2c1. The molecule has 1 fully saturated rings. The predicted octanol–water partition coefficient (Wildman–Crippen LogP) is 1.77. The molecule has 0 saturated carbocycles. The Hall–Kier alpha value is -2.14. The minimum Gasteiger partial charge on any atom is -0.478 e. The summed E-state index contributed by atoms with van der Waals surface area (Å²) in [5, 5.41) is 10.9. The van der Waals surface area contributed by atoms with Gasteiger partial charge in [-0.3, -0.25) is 0 Å². The normalized spacial score (nSPS) is 15.7. The molecular formula is C14H14N2O3. The number of anilines is 1. The molecule has 3 rings (SSSR count). The molecule has 5 heteroatoms. The Balaban J connectivity index is 2.07. The second-order valence-corrected chi connectivity index (χ2v) is 4.48. The van der Waals surface area contributed by atoms with E-state index < -0.39 is 5.97 Å². The molecule has 1 saturated heterocycles. The first kappa shape index (κ1) is 11.9. The molecule has 0 atom stereocenters. The Morgan fingerprint density at radius 1 is 1.26 bits per heavy atom. The van der Waals surface area contributed by atoms with Gasteiger partial charge in [0.15, 0.2) is 0 Å². The molecule has 1 aliphatic heterocycles. The second-order valence-electron chi connectivity index (χ2n) is 4.48. The molecule has 5 nitrogen and oxygen atoms in total. The lowest BCUT2D eigenvalue weighted by Gasteiger charge is -2.28. The Bertz CT molecular complexity index is 621. The van der Waals surface area contributed by atoms with E-state index in [4.69, 9.17) is 9.84 Å². The molecule has 0 spiro atoms. The molecule has 1 aromatic heterocycles. The van der Waals surface area contributed by atoms with Gasteiger partial charge in [0.1, 0.15) is 5.82 Å². The number of carboxylic acid groups (broad SMARTS) is 1. The minimum atomic E-state index is -0.911. The van der Waals surface area contributed by atoms with E-state index in [1.165, 1.54) is 0 Å². The summed E-state index contributed by atoms with van der Waals surface area (Å²) in [7, 11) is 0. The zero-order valence-corrected chi connectivity index (χ0v) is 10.4. The Kier molecular flexibility index (Phi) is 3.05. The third-order valence-electron chi connectivity index (χ3n) is 3.30. The number of nitrogens with zero attached hydrogens (tertiary/aromatic N) is 2. The number of carbonyl (C=O) groups is 1. The summed E-state index contributed by atoms with van der Waals surface area (Å²) in [6.07, 6.45) is 1.72. The van der Waals surface area contributed by atoms with Crippen LogP contribution in [-0.4, -0.2) is 42.4 Å². The van der Waals surface area contributed by atoms with Crippen molar-refractivity contribution in [2.45, 2.75) is 0 Å². The number of morpholine rings is 1. The summed E-state index contributed by atoms with van der Waals surface area (Å²) in [6, 6.07) is 6.97. The van der Waals surface area contributed by atoms with Crippen LogP contribution in [0.2, 0.25) is 0 Å². The van der Waals surface area contributed by atoms with Gasteiger partial charge in [0, 0.05) is 24.7 Å². The number of hydrogen-bond donors (Lipinski definition) is 1. The van der Waals surface area contributed by atoms with Crippen molar-refractivity contribution in [3.8, 4) is 0 Å². The molecule has 0 unspecified atom stereocenters. The van der Waals surface area contributed by atoms with Crippen LogP contribution in [0.5, 0.6) is 0 Å². The van der Waals surface area contributed by atoms with Gasteiger partial charge in [-0.1, -0.05) is 0 Å². The van der Waals surface area contributed by atoms with Crippen LogP contribution in [0, 0.1) is 0 Å². The van der Waals surface area contributed by atoms with Crippen LogP contribution in [0.1, 0.15) is 10.4 Å². The monoisotopic (exact) mass is 258 g/mol. The largest absolute Gasteiger partial charge is 0.478 e. The smallest absolute Gasteiger partial charge is 0.335 e. The summed E-state index contributed by atoms with van der Waals surface area (Å²) in [5.41, 5.74) is 0.298. The van der Waals surface area contributed by atoms with Crippen LogP contribution in [0.4, 0.5) is 5.82 Å². The standard InChI is InChI=1S/C14H14N2O3/c17-14(18)11-1-2-12-10(9-11)3-4-15-13(12)16-5-7-19-8-6-16/h1-4,9H,5-8H2,(H,17,18). The summed E-state index contributed by atoms with van der Waals surface area (Å²) < 4.78 is 5.34. The van der Waals surface area contributed by atoms with Crippen molar-refractivity contribution in [2.75, 3.05) is 31.2 Å². The van der Waals surface area contributed by atoms with Crippen molar-refractivity contribution in [3.05, 3.63) is 36.0 Å². The maximum atomic E-state index is 11.0. The van der Waals surface area contributed by atoms with Gasteiger partial charge in [0.25, 0.3) is 0 Å². The number of aromatic nitrogens is 1. The molecule has 0 amide bonds. The van der Waals surface area contributed by atoms with Gasteiger partial charge in [0.05, 0.1) is 18.8 Å². The van der Waals surface area contributed by atoms with E-state index in [0.717, 1.165) is 29.7 Å². The van der Waals surface area contributed by atoms with Crippen molar-refractivity contribution >= 4 is 22.6 Å². The molecule has 2 aromatic rings. The summed E-state index contributed by atoms with van der Waals surface area (Å²) >= 11 is 0. The third-order valence-corrected chi connectivity index (χ3v) is 3.30. The van der Waals surface area contributed by atoms with Gasteiger partial charge in [-0.05, 0) is 29.7 Å². The van der Waals surface area contributed by atoms with Gasteiger partial charge in [-0.25, -0.2) is 9.78 Å². The lowest BCUT2D eigenvalue weighted by atomic mass is 10.1. The zero-order valence-electron chi connectivity index (χ0n) is 10.4. The second kappa shape index (κ2) is 4.85. The summed E-state index contributed by atoms with van der Waals surface area (Å²) in [6.45, 7) is 3.02. The van der Waals surface area contributed by atoms with E-state index in [9.17, 15) is 4.79 Å². The van der Waals surface area contributed by atoms with Gasteiger partial charge >= 0.3 is 5.97 Å². The highest BCUT2D eigenvalue weighted by molar-refractivity contribution is 5.98. The van der Waals surface area contributed by atoms with Crippen LogP contribution < -0.4 is 4.90 Å². The maximum absolute atomic E-state index is 11.0. The maximum Gasteiger partial charge on any atom is 0.335 e. The van der Waals surface area contributed by atoms with Crippen LogP contribution in [0.25, 0.3) is 10.8 Å². The van der Waals surface area contributed by atoms with E-state index in [-0.39, 0.29) is 0 Å². The van der Waals surface area contributed by atoms with Crippen molar-refractivity contribution in [3.63, 3.8) is 0 Å². The number of ether oxygens (including phenoxy) is 1. The van der Waals surface area contributed by atoms with E-state index in [1.54, 1.807) is 18.3 Å². The lowest BCUT2D eigenvalue weighted by Crippen LogP contribution is -2.36. The Morgan fingerprint density at radius 2 is 2.05 bits per heavy atom. The van der Waals surface area contributed by atoms with E-state index in [1.807, 2.05) is 12.1 Å². The topological polar surface area (TPSA) is 62.7 Å². The number of carboxylic acids is 1. The molecule has 19 heavy (non-hydrogen) atoms. The molecular weight excluding hydrogens is 244 g/mol. The molecule has 0 radical (unpaired) electrons. The van der Waals surface area contributed by atoms with Crippen molar-refractivity contribution in [1.82, 2.24) is 4.98 Å². The minimum absolute atomic E-state index is 0.298. The number of pyridine rings is 1. The highest BCUT2D eigenvalue weighted by Gasteiger charge is 2.15. The third kappa shape index (κ3) is 2.24. The predicted molar refractivity (Wildman–Crippen MR) is 71.7 cm³/mol. The number of fused-ring (bicyclic) bond motifs is 1. The Morgan fingerprint density at radius 3 is 2.79 bits per heavy atom. The number of rotatable bonds is 2. The van der Waals surface area contributed by atoms with Crippen LogP contribution >= 0.6 is 0 Å². The highest BCUT2D eigenvalue weighted by Crippen LogP contribution is 2.25. The average molecular weight is 258 g/mol. The van der Waals surface area contributed by atoms with Gasteiger partial charge in [-0.15, -0.1) is 0 Å². The van der Waals surface area contributed by atoms with Crippen molar-refractivity contribution in [2.24, 2.45) is 0 Å². The highest BCUT2D eigenvalue weighted by atomic mass is 16.5. The fourth-order valence-electron chi connectivity index (χ4n) is 2.32. The van der Waals surface area contributed by atoms with Gasteiger partial charge in [-0.2, -0.15) is 0 Å². The quantitative estimate of drug-likeness (QED) is 0.889. The lowest BCUT2D eigenvalue weighted by molar-refractivity contribution is 0.0697. The molecule has 98 valence electrons. The first-order chi connectivity index (χ1) is 9.25. The molecule has 2 heterocycles. The molecule has 1 aliphatic rings. The van der Waals surface area contributed by atoms with Gasteiger partial charge in [0.2, 0.25) is 0 Å². The fraction of sp³-hybridized carbons (Fsp3) is 0.286. The van der Waals surface area contributed by atoms with Crippen molar-refractivity contribution < 1.29 is 14.6 Å². The Labute approximate surface area is 110 Å². The molecule has 1 aromatic carbocycles. The zero-order chi connectivity index (χ0) is 13.2. The van der Waals surface area contributed by atoms with Gasteiger partial charge < -0.3 is 14.7 Å². The summed E-state index contributed by atoms with van der Waals surface area (Å²) in [5.74, 6) is -0.00984. The van der Waals surface area contributed by atoms with Crippen LogP contribution in [0.3, 0.4) is 0 Å². The van der Waals surface area contributed by atoms with E-state index in [0.29, 0.717) is 18.8 Å². The number of hydrogen-bond acceptors (Lipinski definition) is 4. The van der Waals surface area contributed by atoms with Crippen LogP contribution in [0.15, 0.2) is 30.5 Å². The van der Waals surface area contributed by atoms with E-state index in [2.05, 4.69) is 9.88 Å². The molecule has 0 bridgehead atoms. The number of benzene rings is 1. The average Bonchev–Trinajstić information content (AvgIpc) is 2.47. The fourth-order valence-corrected chi connectivity index (χ4v) is 2.32. The van der Waals surface area contributed by atoms with Crippen LogP contribution in [-0.2, 0) is 4.74 Å². The molecule has 1 N–H and O–H groups in total. The van der Waals surface area contributed by atoms with Crippen molar-refractivity contribution in [1.29, 1.82) is 0 Å². The summed E-state index contributed by atoms with van der Waals surface area (Å²) in [4.78, 5) is 17.6. The first-order valence-corrected chi connectivity index (χ1v) is 6.20. The first-order valence-electron chi connectivity index (χ1n) is 6.20. The molecule has 0 aliphatic carbocycles.